The first-order chi connectivity index (χ1) is 9.95. The molecule has 2 aliphatic rings. The van der Waals surface area contributed by atoms with Crippen LogP contribution in [0.3, 0.4) is 0 Å². The van der Waals surface area contributed by atoms with E-state index in [1.165, 1.54) is 0 Å². The molecule has 0 aromatic heterocycles. The van der Waals surface area contributed by atoms with Gasteiger partial charge in [-0.1, -0.05) is 39.9 Å². The number of amides is 1. The Morgan fingerprint density at radius 3 is 2.41 bits per heavy atom. The topological polar surface area (TPSA) is 55.8 Å². The summed E-state index contributed by atoms with van der Waals surface area (Å²) in [4.78, 5) is 24.2. The number of carbonyl (C=O) groups excluding carboxylic acids is 2. The van der Waals surface area contributed by atoms with Crippen LogP contribution in [-0.4, -0.2) is 43.1 Å². The summed E-state index contributed by atoms with van der Waals surface area (Å²) in [5, 5.41) is 0.0663. The van der Waals surface area contributed by atoms with Crippen molar-refractivity contribution in [3.8, 4) is 0 Å². The van der Waals surface area contributed by atoms with Gasteiger partial charge in [-0.25, -0.2) is 4.79 Å². The van der Waals surface area contributed by atoms with Crippen LogP contribution in [0.2, 0.25) is 18.1 Å². The van der Waals surface area contributed by atoms with Crippen LogP contribution >= 0.6 is 0 Å². The molecule has 3 unspecified atom stereocenters. The molecule has 2 aliphatic heterocycles. The van der Waals surface area contributed by atoms with Gasteiger partial charge in [-0.15, -0.1) is 6.58 Å². The van der Waals surface area contributed by atoms with Gasteiger partial charge in [0, 0.05) is 6.04 Å². The molecule has 3 atom stereocenters. The Morgan fingerprint density at radius 1 is 1.41 bits per heavy atom. The normalized spacial score (nSPS) is 32.4. The molecule has 0 aromatic carbocycles. The quantitative estimate of drug-likeness (QED) is 0.344. The maximum absolute atomic E-state index is 12.9. The monoisotopic (exact) mass is 325 g/mol. The standard InChI is InChI=1S/C16H27NO4Si/c1-8-9-11-12(16(5)10-20-14(19)21-16)13(18)17(11)22(6,7)15(2,3)4/h8,11-12H,1,9-10H2,2-7H3. The first kappa shape index (κ1) is 17.1. The van der Waals surface area contributed by atoms with Crippen molar-refractivity contribution in [3.63, 3.8) is 0 Å². The number of hydrogen-bond acceptors (Lipinski definition) is 4. The van der Waals surface area contributed by atoms with E-state index in [1.807, 2.05) is 6.08 Å². The van der Waals surface area contributed by atoms with Gasteiger partial charge in [0.1, 0.15) is 12.5 Å². The Labute approximate surface area is 133 Å². The molecular weight excluding hydrogens is 298 g/mol. The molecule has 0 spiro atoms. The van der Waals surface area contributed by atoms with Crippen molar-refractivity contribution in [3.05, 3.63) is 12.7 Å². The Balaban J connectivity index is 2.32. The number of nitrogens with zero attached hydrogens (tertiary/aromatic N) is 1. The molecule has 6 heteroatoms. The predicted octanol–water partition coefficient (Wildman–Crippen LogP) is 3.32. The van der Waals surface area contributed by atoms with E-state index in [9.17, 15) is 9.59 Å². The van der Waals surface area contributed by atoms with Gasteiger partial charge in [0.25, 0.3) is 0 Å². The van der Waals surface area contributed by atoms with Crippen LogP contribution < -0.4 is 0 Å². The van der Waals surface area contributed by atoms with Gasteiger partial charge >= 0.3 is 6.16 Å². The van der Waals surface area contributed by atoms with Crippen LogP contribution in [0, 0.1) is 5.92 Å². The molecule has 0 radical (unpaired) electrons. The fourth-order valence-corrected chi connectivity index (χ4v) is 5.78. The first-order valence-electron chi connectivity index (χ1n) is 7.75. The van der Waals surface area contributed by atoms with Gasteiger partial charge < -0.3 is 14.0 Å². The van der Waals surface area contributed by atoms with E-state index >= 15 is 0 Å². The molecule has 2 rings (SSSR count). The van der Waals surface area contributed by atoms with Gasteiger partial charge in [0.15, 0.2) is 13.8 Å². The molecule has 22 heavy (non-hydrogen) atoms. The number of carbonyl (C=O) groups is 2. The van der Waals surface area contributed by atoms with E-state index in [0.29, 0.717) is 6.42 Å². The second-order valence-corrected chi connectivity index (χ2v) is 13.1. The summed E-state index contributed by atoms with van der Waals surface area (Å²) < 4.78 is 12.3. The third-order valence-corrected chi connectivity index (χ3v) is 10.9. The highest BCUT2D eigenvalue weighted by molar-refractivity contribution is 6.80. The van der Waals surface area contributed by atoms with Crippen LogP contribution in [0.4, 0.5) is 4.79 Å². The van der Waals surface area contributed by atoms with E-state index in [1.54, 1.807) is 6.92 Å². The van der Waals surface area contributed by atoms with Gasteiger partial charge in [-0.2, -0.15) is 0 Å². The molecule has 0 aliphatic carbocycles. The summed E-state index contributed by atoms with van der Waals surface area (Å²) in [6.07, 6.45) is 1.86. The summed E-state index contributed by atoms with van der Waals surface area (Å²) in [6, 6.07) is 0.0328. The molecule has 0 saturated carbocycles. The lowest BCUT2D eigenvalue weighted by Gasteiger charge is -2.60. The highest BCUT2D eigenvalue weighted by Crippen LogP contribution is 2.49. The fraction of sp³-hybridized carbons (Fsp3) is 0.750. The molecule has 0 aromatic rings. The minimum Gasteiger partial charge on any atom is -0.430 e. The third-order valence-electron chi connectivity index (χ3n) is 5.52. The molecule has 124 valence electrons. The van der Waals surface area contributed by atoms with E-state index in [2.05, 4.69) is 45.0 Å². The fourth-order valence-electron chi connectivity index (χ4n) is 3.28. The van der Waals surface area contributed by atoms with Crippen molar-refractivity contribution >= 4 is 20.3 Å². The lowest BCUT2D eigenvalue weighted by Crippen LogP contribution is -2.76. The van der Waals surface area contributed by atoms with Crippen LogP contribution in [-0.2, 0) is 14.3 Å². The van der Waals surface area contributed by atoms with Gasteiger partial charge in [0.2, 0.25) is 5.91 Å². The van der Waals surface area contributed by atoms with Crippen molar-refractivity contribution in [1.29, 1.82) is 0 Å². The summed E-state index contributed by atoms with van der Waals surface area (Å²) in [5.41, 5.74) is -0.860. The zero-order valence-corrected chi connectivity index (χ0v) is 15.4. The lowest BCUT2D eigenvalue weighted by molar-refractivity contribution is -0.162. The Bertz CT molecular complexity index is 511. The molecule has 2 fully saturated rings. The Kier molecular flexibility index (Phi) is 3.96. The average molecular weight is 325 g/mol. The molecule has 0 bridgehead atoms. The first-order valence-corrected chi connectivity index (χ1v) is 10.7. The molecule has 2 heterocycles. The maximum atomic E-state index is 12.9. The molecule has 5 nitrogen and oxygen atoms in total. The number of rotatable bonds is 4. The summed E-state index contributed by atoms with van der Waals surface area (Å²) in [5.74, 6) is -0.259. The predicted molar refractivity (Wildman–Crippen MR) is 87.0 cm³/mol. The van der Waals surface area contributed by atoms with Gasteiger partial charge in [0.05, 0.1) is 0 Å². The molecular formula is C16H27NO4Si. The average Bonchev–Trinajstić information content (AvgIpc) is 2.67. The summed E-state index contributed by atoms with van der Waals surface area (Å²) in [7, 11) is -1.97. The number of β-lactam (4-membered cyclic amide) rings is 1. The van der Waals surface area contributed by atoms with Crippen molar-refractivity contribution in [2.24, 2.45) is 5.92 Å². The van der Waals surface area contributed by atoms with Crippen molar-refractivity contribution in [2.45, 2.75) is 63.9 Å². The van der Waals surface area contributed by atoms with Crippen molar-refractivity contribution in [1.82, 2.24) is 4.57 Å². The highest BCUT2D eigenvalue weighted by atomic mass is 28.3. The second kappa shape index (κ2) is 5.11. The Hall–Kier alpha value is -1.30. The van der Waals surface area contributed by atoms with E-state index in [0.717, 1.165) is 0 Å². The third kappa shape index (κ3) is 2.37. The molecule has 0 N–H and O–H groups in total. The zero-order valence-electron chi connectivity index (χ0n) is 14.4. The smallest absolute Gasteiger partial charge is 0.430 e. The molecule has 2 saturated heterocycles. The SMILES string of the molecule is C=CCC1C(C2(C)COC(=O)O2)C(=O)N1[Si](C)(C)C(C)(C)C. The van der Waals surface area contributed by atoms with Crippen LogP contribution in [0.25, 0.3) is 0 Å². The second-order valence-electron chi connectivity index (χ2n) is 8.04. The van der Waals surface area contributed by atoms with Crippen LogP contribution in [0.5, 0.6) is 0 Å². The van der Waals surface area contributed by atoms with Crippen molar-refractivity contribution in [2.75, 3.05) is 6.61 Å². The van der Waals surface area contributed by atoms with E-state index in [-0.39, 0.29) is 29.5 Å². The largest absolute Gasteiger partial charge is 0.509 e. The van der Waals surface area contributed by atoms with Crippen LogP contribution in [0.1, 0.15) is 34.1 Å². The number of cyclic esters (lactones) is 2. The minimum atomic E-state index is -1.97. The number of ether oxygens (including phenoxy) is 2. The van der Waals surface area contributed by atoms with Crippen molar-refractivity contribution < 1.29 is 19.1 Å². The Morgan fingerprint density at radius 2 is 2.00 bits per heavy atom. The van der Waals surface area contributed by atoms with Crippen LogP contribution in [0.15, 0.2) is 12.7 Å². The zero-order chi connectivity index (χ0) is 16.9. The maximum Gasteiger partial charge on any atom is 0.509 e. The molecule has 1 amide bonds. The highest BCUT2D eigenvalue weighted by Gasteiger charge is 2.64. The minimum absolute atomic E-state index is 0.0328. The van der Waals surface area contributed by atoms with Gasteiger partial charge in [-0.3, -0.25) is 4.79 Å². The summed E-state index contributed by atoms with van der Waals surface area (Å²) >= 11 is 0. The number of hydrogen-bond donors (Lipinski definition) is 0. The summed E-state index contributed by atoms with van der Waals surface area (Å²) in [6.45, 7) is 16.7. The lowest BCUT2D eigenvalue weighted by atomic mass is 9.76. The van der Waals surface area contributed by atoms with Gasteiger partial charge in [-0.05, 0) is 18.4 Å². The van der Waals surface area contributed by atoms with E-state index < -0.39 is 20.0 Å². The van der Waals surface area contributed by atoms with E-state index in [4.69, 9.17) is 9.47 Å².